The molecule has 0 radical (unpaired) electrons. The predicted octanol–water partition coefficient (Wildman–Crippen LogP) is 5.91. The van der Waals surface area contributed by atoms with E-state index in [1.54, 1.807) is 28.9 Å². The van der Waals surface area contributed by atoms with Gasteiger partial charge in [-0.1, -0.05) is 68.4 Å². The van der Waals surface area contributed by atoms with Crippen LogP contribution in [0.15, 0.2) is 91.0 Å². The van der Waals surface area contributed by atoms with Crippen molar-refractivity contribution in [2.45, 2.75) is 64.8 Å². The zero-order valence-corrected chi connectivity index (χ0v) is 29.4. The molecule has 1 heterocycles. The number of benzene rings is 4. The molecule has 3 N–H and O–H groups in total. The fourth-order valence-corrected chi connectivity index (χ4v) is 6.74. The second-order valence-electron chi connectivity index (χ2n) is 13.1. The molecule has 51 heavy (non-hydrogen) atoms. The van der Waals surface area contributed by atoms with E-state index in [4.69, 9.17) is 0 Å². The number of nitrogens with zero attached hydrogens (tertiary/aromatic N) is 2. The molecule has 3 amide bonds. The van der Waals surface area contributed by atoms with Crippen LogP contribution in [0.2, 0.25) is 0 Å². The Bertz CT molecular complexity index is 1810. The van der Waals surface area contributed by atoms with E-state index in [9.17, 15) is 28.3 Å². The number of aliphatic hydroxyl groups excluding tert-OH is 1. The number of nitrogens with one attached hydrogen (secondary N) is 2. The van der Waals surface area contributed by atoms with Crippen molar-refractivity contribution in [1.29, 1.82) is 0 Å². The summed E-state index contributed by atoms with van der Waals surface area (Å²) in [4.78, 5) is 44.7. The Labute approximate surface area is 298 Å². The number of carbonyl (C=O) groups excluding carboxylic acids is 3. The molecule has 1 aliphatic rings. The van der Waals surface area contributed by atoms with Crippen LogP contribution in [-0.2, 0) is 17.8 Å². The second-order valence-corrected chi connectivity index (χ2v) is 13.1. The number of carbonyl (C=O) groups is 3. The first-order valence-electron chi connectivity index (χ1n) is 17.6. The van der Waals surface area contributed by atoms with Gasteiger partial charge >= 0.3 is 0 Å². The van der Waals surface area contributed by atoms with E-state index in [0.29, 0.717) is 43.9 Å². The summed E-state index contributed by atoms with van der Waals surface area (Å²) in [6.07, 6.45) is -0.0654. The van der Waals surface area contributed by atoms with Crippen LogP contribution in [0.3, 0.4) is 0 Å². The van der Waals surface area contributed by atoms with E-state index in [0.717, 1.165) is 47.7 Å². The molecule has 1 unspecified atom stereocenters. The molecule has 8 nitrogen and oxygen atoms in total. The molecule has 0 aromatic heterocycles. The monoisotopic (exact) mass is 696 g/mol. The molecule has 3 atom stereocenters. The maximum atomic E-state index is 14.3. The van der Waals surface area contributed by atoms with E-state index in [-0.39, 0.29) is 29.4 Å². The number of rotatable bonds is 14. The van der Waals surface area contributed by atoms with Gasteiger partial charge in [0, 0.05) is 49.9 Å². The number of hydrogen-bond acceptors (Lipinski definition) is 5. The van der Waals surface area contributed by atoms with E-state index in [1.165, 1.54) is 6.07 Å². The van der Waals surface area contributed by atoms with Gasteiger partial charge in [0.1, 0.15) is 17.7 Å². The van der Waals surface area contributed by atoms with Crippen LogP contribution in [0.5, 0.6) is 0 Å². The molecular weight excluding hydrogens is 650 g/mol. The Balaban J connectivity index is 1.41. The van der Waals surface area contributed by atoms with Gasteiger partial charge in [-0.05, 0) is 84.3 Å². The quantitative estimate of drug-likeness (QED) is 0.152. The lowest BCUT2D eigenvalue weighted by Crippen LogP contribution is -2.63. The minimum atomic E-state index is -1.48. The van der Waals surface area contributed by atoms with E-state index in [1.807, 2.05) is 68.4 Å². The average Bonchev–Trinajstić information content (AvgIpc) is 3.11. The summed E-state index contributed by atoms with van der Waals surface area (Å²) < 4.78 is 28.6. The highest BCUT2D eigenvalue weighted by atomic mass is 19.1. The van der Waals surface area contributed by atoms with Gasteiger partial charge in [0.2, 0.25) is 5.91 Å². The van der Waals surface area contributed by atoms with Crippen molar-refractivity contribution >= 4 is 17.7 Å². The first-order valence-corrected chi connectivity index (χ1v) is 17.6. The summed E-state index contributed by atoms with van der Waals surface area (Å²) in [7, 11) is 0. The topological polar surface area (TPSA) is 102 Å². The summed E-state index contributed by atoms with van der Waals surface area (Å²) in [5.41, 5.74) is 4.39. The number of amides is 3. The Morgan fingerprint density at radius 1 is 0.922 bits per heavy atom. The molecule has 4 aromatic carbocycles. The van der Waals surface area contributed by atoms with Crippen molar-refractivity contribution in [2.24, 2.45) is 0 Å². The zero-order chi connectivity index (χ0) is 36.5. The molecule has 5 rings (SSSR count). The first kappa shape index (κ1) is 37.3. The molecular formula is C41H46F2N4O4. The van der Waals surface area contributed by atoms with Gasteiger partial charge in [-0.25, -0.2) is 8.78 Å². The van der Waals surface area contributed by atoms with Crippen molar-refractivity contribution in [3.63, 3.8) is 0 Å². The predicted molar refractivity (Wildman–Crippen MR) is 194 cm³/mol. The fourth-order valence-electron chi connectivity index (χ4n) is 6.74. The van der Waals surface area contributed by atoms with E-state index >= 15 is 0 Å². The van der Waals surface area contributed by atoms with Crippen molar-refractivity contribution < 1.29 is 28.3 Å². The Hall–Kier alpha value is -4.93. The molecule has 0 spiro atoms. The van der Waals surface area contributed by atoms with Crippen molar-refractivity contribution in [3.05, 3.63) is 130 Å². The summed E-state index contributed by atoms with van der Waals surface area (Å²) in [5.74, 6) is -2.75. The van der Waals surface area contributed by atoms with Crippen LogP contribution in [0.25, 0.3) is 11.1 Å². The van der Waals surface area contributed by atoms with Gasteiger partial charge in [-0.2, -0.15) is 0 Å². The van der Waals surface area contributed by atoms with Crippen LogP contribution >= 0.6 is 0 Å². The lowest BCUT2D eigenvalue weighted by atomic mass is 9.93. The minimum Gasteiger partial charge on any atom is -0.389 e. The molecule has 0 bridgehead atoms. The third kappa shape index (κ3) is 9.45. The van der Waals surface area contributed by atoms with E-state index in [2.05, 4.69) is 10.6 Å². The van der Waals surface area contributed by atoms with Gasteiger partial charge in [-0.15, -0.1) is 0 Å². The lowest BCUT2D eigenvalue weighted by Gasteiger charge is -2.38. The van der Waals surface area contributed by atoms with E-state index < -0.39 is 35.7 Å². The summed E-state index contributed by atoms with van der Waals surface area (Å²) in [6, 6.07) is 23.4. The molecule has 4 aromatic rings. The molecule has 1 fully saturated rings. The highest BCUT2D eigenvalue weighted by Gasteiger charge is 2.39. The number of aliphatic hydroxyl groups is 1. The molecule has 0 aliphatic carbocycles. The van der Waals surface area contributed by atoms with Crippen LogP contribution in [0.4, 0.5) is 8.78 Å². The van der Waals surface area contributed by atoms with Gasteiger partial charge in [0.25, 0.3) is 11.8 Å². The highest BCUT2D eigenvalue weighted by Crippen LogP contribution is 2.26. The second kappa shape index (κ2) is 17.3. The van der Waals surface area contributed by atoms with Crippen molar-refractivity contribution in [1.82, 2.24) is 20.4 Å². The van der Waals surface area contributed by atoms with Crippen LogP contribution in [-0.4, -0.2) is 77.0 Å². The summed E-state index contributed by atoms with van der Waals surface area (Å²) in [6.45, 7) is 8.01. The Kier molecular flexibility index (Phi) is 12.7. The molecule has 268 valence electrons. The molecule has 1 aliphatic heterocycles. The number of piperazine rings is 1. The standard InChI is InChI=1S/C41H46F2N4O4/c1-4-16-46(17-5-2)40(50)32-20-27(3)19-31(24-32)39(49)45-36(23-28-21-33(42)25-34(43)22-28)38(48)37-41(51)47(18-15-44-37)26-30-13-9-10-14-35(30)29-11-7-6-8-12-29/h6-14,19-22,24-25,36-38,44,48H,4-5,15-18,23,26H2,1-3H3,(H,45,49)/t36-,37-,38?/m0/s1. The number of aryl methyl sites for hydroxylation is 1. The van der Waals surface area contributed by atoms with Crippen LogP contribution < -0.4 is 10.6 Å². The average molecular weight is 697 g/mol. The van der Waals surface area contributed by atoms with Crippen molar-refractivity contribution in [3.8, 4) is 11.1 Å². The van der Waals surface area contributed by atoms with Gasteiger partial charge < -0.3 is 25.5 Å². The Morgan fingerprint density at radius 2 is 1.57 bits per heavy atom. The molecule has 1 saturated heterocycles. The molecule has 0 saturated carbocycles. The van der Waals surface area contributed by atoms with Crippen molar-refractivity contribution in [2.75, 3.05) is 26.2 Å². The number of hydrogen-bond donors (Lipinski definition) is 3. The number of halogens is 2. The SMILES string of the molecule is CCCN(CCC)C(=O)c1cc(C)cc(C(=O)N[C@@H](Cc2cc(F)cc(F)c2)C(O)[C@@H]2NCCN(Cc3ccccc3-c3ccccc3)C2=O)c1. The summed E-state index contributed by atoms with van der Waals surface area (Å²) >= 11 is 0. The van der Waals surface area contributed by atoms with Gasteiger partial charge in [0.15, 0.2) is 0 Å². The van der Waals surface area contributed by atoms with Crippen LogP contribution in [0.1, 0.15) is 64.1 Å². The van der Waals surface area contributed by atoms with Gasteiger partial charge in [0.05, 0.1) is 12.1 Å². The maximum Gasteiger partial charge on any atom is 0.253 e. The van der Waals surface area contributed by atoms with Gasteiger partial charge in [-0.3, -0.25) is 14.4 Å². The smallest absolute Gasteiger partial charge is 0.253 e. The van der Waals surface area contributed by atoms with Crippen LogP contribution in [0, 0.1) is 18.6 Å². The molecule has 10 heteroatoms. The maximum absolute atomic E-state index is 14.3. The third-order valence-electron chi connectivity index (χ3n) is 9.10. The lowest BCUT2D eigenvalue weighted by molar-refractivity contribution is -0.140. The normalized spacial score (nSPS) is 15.7. The highest BCUT2D eigenvalue weighted by molar-refractivity contribution is 6.00. The third-order valence-corrected chi connectivity index (χ3v) is 9.10. The first-order chi connectivity index (χ1) is 24.6. The fraction of sp³-hybridized carbons (Fsp3) is 0.341. The minimum absolute atomic E-state index is 0.164. The largest absolute Gasteiger partial charge is 0.389 e. The summed E-state index contributed by atoms with van der Waals surface area (Å²) in [5, 5.41) is 17.8. The Morgan fingerprint density at radius 3 is 2.25 bits per heavy atom. The zero-order valence-electron chi connectivity index (χ0n) is 29.4.